The number of benzene rings is 2. The average molecular weight is 613 g/mol. The van der Waals surface area contributed by atoms with Crippen LogP contribution < -0.4 is 11.1 Å². The van der Waals surface area contributed by atoms with E-state index in [0.29, 0.717) is 41.1 Å². The van der Waals surface area contributed by atoms with Crippen molar-refractivity contribution < 1.29 is 18.7 Å². The number of methoxy groups -OCH3 is 1. The molecular weight excluding hydrogens is 577 g/mol. The Balaban J connectivity index is 1.17. The van der Waals surface area contributed by atoms with Crippen LogP contribution in [0.3, 0.4) is 0 Å². The number of hydrogen-bond donors (Lipinski definition) is 2. The molecule has 2 aromatic heterocycles. The first-order chi connectivity index (χ1) is 20.3. The second-order valence-corrected chi connectivity index (χ2v) is 11.4. The number of nitrogens with one attached hydrogen (secondary N) is 1. The summed E-state index contributed by atoms with van der Waals surface area (Å²) in [5, 5.41) is 3.74. The second kappa shape index (κ2) is 13.7. The Morgan fingerprint density at radius 1 is 1.19 bits per heavy atom. The van der Waals surface area contributed by atoms with Gasteiger partial charge < -0.3 is 29.7 Å². The number of nitrogens with zero attached hydrogens (tertiary/aromatic N) is 3. The number of rotatable bonds is 11. The van der Waals surface area contributed by atoms with E-state index in [1.165, 1.54) is 0 Å². The highest BCUT2D eigenvalue weighted by molar-refractivity contribution is 6.35. The Morgan fingerprint density at radius 3 is 2.86 bits per heavy atom. The molecule has 0 unspecified atom stereocenters. The molecule has 4 aromatic rings. The van der Waals surface area contributed by atoms with Crippen LogP contribution in [0.1, 0.15) is 48.0 Å². The molecule has 5 rings (SSSR count). The minimum atomic E-state index is -0.544. The SMILES string of the molecule is COCCCn1c([C@@H]2CCCN(C(=O)C[C@@H](N)CNC(=O)c3ccc(-c4cc(Cl)ccc4Cl)o3)C2)nc2ccccc21. The number of imidazole rings is 1. The van der Waals surface area contributed by atoms with Gasteiger partial charge in [0, 0.05) is 68.9 Å². The molecule has 2 atom stereocenters. The van der Waals surface area contributed by atoms with Gasteiger partial charge in [0.25, 0.3) is 5.91 Å². The molecule has 1 fully saturated rings. The number of fused-ring (bicyclic) bond motifs is 1. The van der Waals surface area contributed by atoms with Crippen LogP contribution in [-0.4, -0.2) is 65.7 Å². The number of carbonyl (C=O) groups excluding carboxylic acids is 2. The van der Waals surface area contributed by atoms with Gasteiger partial charge in [-0.05, 0) is 61.7 Å². The van der Waals surface area contributed by atoms with Gasteiger partial charge in [0.15, 0.2) is 5.76 Å². The van der Waals surface area contributed by atoms with E-state index in [-0.39, 0.29) is 30.6 Å². The fourth-order valence-corrected chi connectivity index (χ4v) is 5.83. The summed E-state index contributed by atoms with van der Waals surface area (Å²) in [6.07, 6.45) is 2.86. The summed E-state index contributed by atoms with van der Waals surface area (Å²) in [7, 11) is 1.71. The van der Waals surface area contributed by atoms with Gasteiger partial charge in [0.2, 0.25) is 5.91 Å². The number of ether oxygens (including phenoxy) is 1. The summed E-state index contributed by atoms with van der Waals surface area (Å²) in [6.45, 7) is 2.88. The van der Waals surface area contributed by atoms with Crippen LogP contribution >= 0.6 is 23.2 Å². The largest absolute Gasteiger partial charge is 0.451 e. The van der Waals surface area contributed by atoms with Crippen molar-refractivity contribution >= 4 is 46.0 Å². The number of halogens is 2. The number of likely N-dealkylation sites (tertiary alicyclic amines) is 1. The average Bonchev–Trinajstić information content (AvgIpc) is 3.63. The third-order valence-electron chi connectivity index (χ3n) is 7.54. The van der Waals surface area contributed by atoms with E-state index in [1.54, 1.807) is 37.4 Å². The minimum absolute atomic E-state index is 0.0284. The van der Waals surface area contributed by atoms with E-state index in [4.69, 9.17) is 43.1 Å². The molecule has 1 aliphatic heterocycles. The van der Waals surface area contributed by atoms with Crippen molar-refractivity contribution in [3.63, 3.8) is 0 Å². The summed E-state index contributed by atoms with van der Waals surface area (Å²) >= 11 is 12.3. The molecule has 42 heavy (non-hydrogen) atoms. The van der Waals surface area contributed by atoms with Gasteiger partial charge in [0.1, 0.15) is 11.6 Å². The van der Waals surface area contributed by atoms with Crippen LogP contribution in [0.2, 0.25) is 10.0 Å². The summed E-state index contributed by atoms with van der Waals surface area (Å²) < 4.78 is 13.2. The molecule has 3 heterocycles. The molecular formula is C31H35Cl2N5O4. The Labute approximate surface area is 254 Å². The topological polar surface area (TPSA) is 116 Å². The quantitative estimate of drug-likeness (QED) is 0.217. The van der Waals surface area contributed by atoms with Gasteiger partial charge in [-0.15, -0.1) is 0 Å². The maximum Gasteiger partial charge on any atom is 0.287 e. The van der Waals surface area contributed by atoms with Crippen molar-refractivity contribution in [3.05, 3.63) is 76.2 Å². The number of aromatic nitrogens is 2. The summed E-state index contributed by atoms with van der Waals surface area (Å²) in [6, 6.07) is 15.8. The fraction of sp³-hybridized carbons (Fsp3) is 0.387. The van der Waals surface area contributed by atoms with Crippen LogP contribution in [-0.2, 0) is 16.1 Å². The third kappa shape index (κ3) is 6.98. The molecule has 3 N–H and O–H groups in total. The molecule has 2 amide bonds. The molecule has 0 saturated carbocycles. The smallest absolute Gasteiger partial charge is 0.287 e. The van der Waals surface area contributed by atoms with Gasteiger partial charge >= 0.3 is 0 Å². The van der Waals surface area contributed by atoms with Crippen molar-refractivity contribution in [1.29, 1.82) is 0 Å². The normalized spacial score (nSPS) is 16.1. The monoisotopic (exact) mass is 611 g/mol. The first-order valence-corrected chi connectivity index (χ1v) is 14.9. The zero-order valence-electron chi connectivity index (χ0n) is 23.5. The summed E-state index contributed by atoms with van der Waals surface area (Å²) in [5.41, 5.74) is 8.93. The number of furan rings is 1. The summed E-state index contributed by atoms with van der Waals surface area (Å²) in [5.74, 6) is 1.24. The van der Waals surface area contributed by atoms with Gasteiger partial charge in [-0.2, -0.15) is 0 Å². The highest BCUT2D eigenvalue weighted by Gasteiger charge is 2.29. The van der Waals surface area contributed by atoms with Crippen molar-refractivity contribution in [1.82, 2.24) is 19.8 Å². The lowest BCUT2D eigenvalue weighted by molar-refractivity contribution is -0.132. The Morgan fingerprint density at radius 2 is 2.02 bits per heavy atom. The highest BCUT2D eigenvalue weighted by Crippen LogP contribution is 2.32. The molecule has 0 radical (unpaired) electrons. The Bertz CT molecular complexity index is 1550. The molecule has 11 heteroatoms. The van der Waals surface area contributed by atoms with Crippen molar-refractivity contribution in [3.8, 4) is 11.3 Å². The van der Waals surface area contributed by atoms with E-state index in [2.05, 4.69) is 16.0 Å². The highest BCUT2D eigenvalue weighted by atomic mass is 35.5. The molecule has 1 aliphatic rings. The van der Waals surface area contributed by atoms with E-state index >= 15 is 0 Å². The number of para-hydroxylation sites is 2. The van der Waals surface area contributed by atoms with Crippen LogP contribution in [0.5, 0.6) is 0 Å². The molecule has 0 spiro atoms. The fourth-order valence-electron chi connectivity index (χ4n) is 5.45. The maximum atomic E-state index is 13.2. The lowest BCUT2D eigenvalue weighted by Crippen LogP contribution is -2.45. The van der Waals surface area contributed by atoms with Gasteiger partial charge in [-0.3, -0.25) is 9.59 Å². The van der Waals surface area contributed by atoms with Crippen molar-refractivity contribution in [2.45, 2.75) is 44.2 Å². The van der Waals surface area contributed by atoms with Gasteiger partial charge in [-0.1, -0.05) is 35.3 Å². The third-order valence-corrected chi connectivity index (χ3v) is 8.10. The molecule has 2 aromatic carbocycles. The van der Waals surface area contributed by atoms with Crippen molar-refractivity contribution in [2.24, 2.45) is 5.73 Å². The minimum Gasteiger partial charge on any atom is -0.451 e. The van der Waals surface area contributed by atoms with Gasteiger partial charge in [0.05, 0.1) is 16.1 Å². The van der Waals surface area contributed by atoms with E-state index < -0.39 is 11.9 Å². The molecule has 0 aliphatic carbocycles. The van der Waals surface area contributed by atoms with Crippen LogP contribution in [0, 0.1) is 0 Å². The number of nitrogens with two attached hydrogens (primary N) is 1. The zero-order valence-corrected chi connectivity index (χ0v) is 25.0. The first-order valence-electron chi connectivity index (χ1n) is 14.1. The summed E-state index contributed by atoms with van der Waals surface area (Å²) in [4.78, 5) is 32.8. The number of hydrogen-bond acceptors (Lipinski definition) is 6. The molecule has 222 valence electrons. The van der Waals surface area contributed by atoms with Gasteiger partial charge in [-0.25, -0.2) is 4.98 Å². The molecule has 1 saturated heterocycles. The predicted molar refractivity (Wildman–Crippen MR) is 164 cm³/mol. The maximum absolute atomic E-state index is 13.2. The van der Waals surface area contributed by atoms with Crippen LogP contribution in [0.15, 0.2) is 59.0 Å². The first kappa shape index (κ1) is 30.1. The molecule has 0 bridgehead atoms. The Hall–Kier alpha value is -3.37. The number of piperidine rings is 1. The lowest BCUT2D eigenvalue weighted by Gasteiger charge is -2.33. The predicted octanol–water partition coefficient (Wildman–Crippen LogP) is 5.49. The Kier molecular flexibility index (Phi) is 9.84. The van der Waals surface area contributed by atoms with E-state index in [1.807, 2.05) is 23.1 Å². The van der Waals surface area contributed by atoms with Crippen LogP contribution in [0.4, 0.5) is 0 Å². The number of aryl methyl sites for hydroxylation is 1. The lowest BCUT2D eigenvalue weighted by atomic mass is 9.96. The van der Waals surface area contributed by atoms with Crippen molar-refractivity contribution in [2.75, 3.05) is 33.4 Å². The number of amides is 2. The molecule has 9 nitrogen and oxygen atoms in total. The number of carbonyl (C=O) groups is 2. The van der Waals surface area contributed by atoms with E-state index in [0.717, 1.165) is 42.7 Å². The zero-order chi connectivity index (χ0) is 29.6. The van der Waals surface area contributed by atoms with E-state index in [9.17, 15) is 9.59 Å². The second-order valence-electron chi connectivity index (χ2n) is 10.6. The van der Waals surface area contributed by atoms with Crippen LogP contribution in [0.25, 0.3) is 22.4 Å². The standard InChI is InChI=1S/C31H35Cl2N5O4/c1-41-15-5-14-38-26-8-3-2-7-25(26)36-30(38)20-6-4-13-37(19-20)29(39)17-22(34)18-35-31(40)28-12-11-27(42-28)23-16-21(32)9-10-24(23)33/h2-3,7-12,16,20,22H,4-6,13-15,17-19,34H2,1H3,(H,35,40)/t20-,22-/m1/s1.